The molecule has 2 aromatic heterocycles. The van der Waals surface area contributed by atoms with E-state index in [4.69, 9.17) is 4.74 Å². The number of carbonyl (C=O) groups excluding carboxylic acids is 1. The molecule has 1 saturated heterocycles. The van der Waals surface area contributed by atoms with Gasteiger partial charge in [0, 0.05) is 67.6 Å². The minimum atomic E-state index is -0.575. The lowest BCUT2D eigenvalue weighted by atomic mass is 10.2. The summed E-state index contributed by atoms with van der Waals surface area (Å²) < 4.78 is 48.4. The molecule has 1 fully saturated rings. The van der Waals surface area contributed by atoms with Crippen molar-refractivity contribution in [1.29, 1.82) is 0 Å². The smallest absolute Gasteiger partial charge is 0.262 e. The fraction of sp³-hybridized carbons (Fsp3) is 0.390. The standard InChI is InChI=1S/C28H31F2N7O2.C8H11F.C3H9N.C2H6/c1-5-36(4)28(38)24-26(34-18-6-8-22(20(29)15-18)37-12-10-35(3)11-13-37)31-16-32-27(24)39-23-9-7-21-19(25(23)30)14-17(2)33-21;1-6(2)5-7(3)8(4)9;1-3-4-2;1-2/h6-9,14-16,33H,5,10-13H2,1-4H3,(H,31,32,34);5H,3-4H2,1-2H3;4H,3H2,1-2H3;1-2H3. The zero-order valence-electron chi connectivity index (χ0n) is 33.5. The number of aromatic amines is 1. The van der Waals surface area contributed by atoms with Crippen LogP contribution in [-0.4, -0.2) is 91.1 Å². The molecule has 1 aliphatic heterocycles. The number of amides is 1. The van der Waals surface area contributed by atoms with Gasteiger partial charge in [-0.3, -0.25) is 4.79 Å². The summed E-state index contributed by atoms with van der Waals surface area (Å²) >= 11 is 0. The Kier molecular flexibility index (Phi) is 18.5. The number of allylic oxidation sites excluding steroid dienone is 4. The summed E-state index contributed by atoms with van der Waals surface area (Å²) in [6, 6.07) is 9.68. The number of carbonyl (C=O) groups is 1. The van der Waals surface area contributed by atoms with Crippen molar-refractivity contribution in [3.05, 3.63) is 102 Å². The lowest BCUT2D eigenvalue weighted by Crippen LogP contribution is -2.44. The van der Waals surface area contributed by atoms with E-state index in [-0.39, 0.29) is 28.8 Å². The molecule has 0 spiro atoms. The highest BCUT2D eigenvalue weighted by Gasteiger charge is 2.26. The van der Waals surface area contributed by atoms with Crippen LogP contribution in [-0.2, 0) is 0 Å². The number of nitrogens with zero attached hydrogens (tertiary/aromatic N) is 5. The van der Waals surface area contributed by atoms with Crippen LogP contribution in [0.15, 0.2) is 78.9 Å². The second-order valence-electron chi connectivity index (χ2n) is 12.6. The van der Waals surface area contributed by atoms with Crippen LogP contribution in [0, 0.1) is 18.6 Å². The van der Waals surface area contributed by atoms with E-state index in [0.717, 1.165) is 44.0 Å². The number of ether oxygens (including phenoxy) is 1. The molecule has 2 aromatic carbocycles. The van der Waals surface area contributed by atoms with Crippen LogP contribution in [0.1, 0.15) is 57.6 Å². The predicted octanol–water partition coefficient (Wildman–Crippen LogP) is 9.17. The number of hydrogen-bond acceptors (Lipinski definition) is 8. The predicted molar refractivity (Wildman–Crippen MR) is 217 cm³/mol. The summed E-state index contributed by atoms with van der Waals surface area (Å²) in [6.07, 6.45) is 2.87. The molecule has 0 bridgehead atoms. The van der Waals surface area contributed by atoms with Gasteiger partial charge in [0.1, 0.15) is 23.5 Å². The van der Waals surface area contributed by atoms with E-state index in [1.807, 2.05) is 60.5 Å². The number of piperazine rings is 1. The van der Waals surface area contributed by atoms with E-state index in [9.17, 15) is 9.18 Å². The van der Waals surface area contributed by atoms with E-state index < -0.39 is 17.6 Å². The number of aromatic nitrogens is 3. The Bertz CT molecular complexity index is 1880. The van der Waals surface area contributed by atoms with Gasteiger partial charge >= 0.3 is 0 Å². The number of aryl methyl sites for hydroxylation is 1. The third kappa shape index (κ3) is 12.8. The van der Waals surface area contributed by atoms with Crippen LogP contribution in [0.5, 0.6) is 11.6 Å². The quantitative estimate of drug-likeness (QED) is 0.138. The Morgan fingerprint density at radius 3 is 2.24 bits per heavy atom. The summed E-state index contributed by atoms with van der Waals surface area (Å²) in [6.45, 7) is 24.7. The van der Waals surface area contributed by atoms with E-state index >= 15 is 8.78 Å². The number of anilines is 3. The first-order valence-corrected chi connectivity index (χ1v) is 18.1. The summed E-state index contributed by atoms with van der Waals surface area (Å²) in [5.74, 6) is -1.92. The molecule has 1 aliphatic rings. The van der Waals surface area contributed by atoms with Crippen molar-refractivity contribution in [2.24, 2.45) is 0 Å². The van der Waals surface area contributed by atoms with Gasteiger partial charge in [0.2, 0.25) is 5.88 Å². The zero-order chi connectivity index (χ0) is 40.5. The Balaban J connectivity index is 0.000000573. The van der Waals surface area contributed by atoms with Crippen molar-refractivity contribution >= 4 is 34.0 Å². The largest absolute Gasteiger partial charge is 0.435 e. The van der Waals surface area contributed by atoms with Gasteiger partial charge in [-0.15, -0.1) is 0 Å². The molecular weight excluding hydrogens is 693 g/mol. The lowest BCUT2D eigenvalue weighted by Gasteiger charge is -2.34. The highest BCUT2D eigenvalue weighted by molar-refractivity contribution is 6.01. The summed E-state index contributed by atoms with van der Waals surface area (Å²) in [5.41, 5.74) is 3.75. The van der Waals surface area contributed by atoms with Crippen molar-refractivity contribution < 1.29 is 22.7 Å². The van der Waals surface area contributed by atoms with Gasteiger partial charge in [-0.2, -0.15) is 0 Å². The van der Waals surface area contributed by atoms with E-state index in [0.29, 0.717) is 34.4 Å². The first-order chi connectivity index (χ1) is 25.7. The van der Waals surface area contributed by atoms with Gasteiger partial charge in [0.05, 0.1) is 5.69 Å². The minimum Gasteiger partial charge on any atom is -0.435 e. The number of fused-ring (bicyclic) bond motifs is 1. The molecule has 0 radical (unpaired) electrons. The van der Waals surface area contributed by atoms with Crippen LogP contribution in [0.3, 0.4) is 0 Å². The molecule has 3 N–H and O–H groups in total. The van der Waals surface area contributed by atoms with Crippen molar-refractivity contribution in [3.8, 4) is 11.6 Å². The summed E-state index contributed by atoms with van der Waals surface area (Å²) in [7, 11) is 5.60. The number of nitrogens with one attached hydrogen (secondary N) is 3. The normalized spacial score (nSPS) is 12.2. The van der Waals surface area contributed by atoms with Crippen LogP contribution < -0.4 is 20.3 Å². The Hall–Kier alpha value is -5.14. The molecule has 3 heterocycles. The van der Waals surface area contributed by atoms with Crippen molar-refractivity contribution in [2.45, 2.75) is 48.5 Å². The third-order valence-corrected chi connectivity index (χ3v) is 8.11. The number of halogens is 3. The van der Waals surface area contributed by atoms with Crippen LogP contribution in [0.2, 0.25) is 0 Å². The molecule has 4 aromatic rings. The lowest BCUT2D eigenvalue weighted by molar-refractivity contribution is 0.0799. The summed E-state index contributed by atoms with van der Waals surface area (Å²) in [4.78, 5) is 30.6. The Morgan fingerprint density at radius 1 is 1.06 bits per heavy atom. The van der Waals surface area contributed by atoms with Gasteiger partial charge in [-0.25, -0.2) is 23.1 Å². The van der Waals surface area contributed by atoms with Crippen molar-refractivity contribution in [3.63, 3.8) is 0 Å². The maximum absolute atomic E-state index is 15.3. The molecule has 54 heavy (non-hydrogen) atoms. The molecule has 0 saturated carbocycles. The average molecular weight is 751 g/mol. The van der Waals surface area contributed by atoms with Gasteiger partial charge in [-0.1, -0.05) is 45.6 Å². The Morgan fingerprint density at radius 2 is 1.70 bits per heavy atom. The SMILES string of the molecule is C=C(F)C(=C)C=C(C)C.CC.CCN(C)C(=O)c1c(Nc2ccc(N3CCN(C)CC3)c(F)c2)ncnc1Oc1ccc2[nH]c(C)cc2c1F.CCNC. The van der Waals surface area contributed by atoms with Gasteiger partial charge in [0.25, 0.3) is 5.91 Å². The van der Waals surface area contributed by atoms with Crippen molar-refractivity contribution in [2.75, 3.05) is 70.6 Å². The number of likely N-dealkylation sites (N-methyl/N-ethyl adjacent to an activating group) is 1. The molecule has 0 atom stereocenters. The van der Waals surface area contributed by atoms with Gasteiger partial charge in [0.15, 0.2) is 17.4 Å². The fourth-order valence-corrected chi connectivity index (χ4v) is 4.99. The molecule has 0 unspecified atom stereocenters. The average Bonchev–Trinajstić information content (AvgIpc) is 3.54. The van der Waals surface area contributed by atoms with Crippen LogP contribution in [0.4, 0.5) is 30.4 Å². The van der Waals surface area contributed by atoms with Gasteiger partial charge in [-0.05, 0) is 84.7 Å². The molecule has 5 rings (SSSR count). The number of benzene rings is 2. The fourth-order valence-electron chi connectivity index (χ4n) is 4.99. The second-order valence-corrected chi connectivity index (χ2v) is 12.6. The monoisotopic (exact) mass is 750 g/mol. The highest BCUT2D eigenvalue weighted by Crippen LogP contribution is 2.34. The van der Waals surface area contributed by atoms with Crippen molar-refractivity contribution in [1.82, 2.24) is 30.1 Å². The Labute approximate surface area is 318 Å². The number of hydrogen-bond donors (Lipinski definition) is 3. The van der Waals surface area contributed by atoms with Crippen LogP contribution in [0.25, 0.3) is 10.9 Å². The molecule has 0 aliphatic carbocycles. The minimum absolute atomic E-state index is 0.00940. The van der Waals surface area contributed by atoms with E-state index in [1.54, 1.807) is 37.4 Å². The van der Waals surface area contributed by atoms with E-state index in [1.165, 1.54) is 23.4 Å². The zero-order valence-corrected chi connectivity index (χ0v) is 33.5. The summed E-state index contributed by atoms with van der Waals surface area (Å²) in [5, 5.41) is 6.34. The molecule has 13 heteroatoms. The maximum Gasteiger partial charge on any atom is 0.262 e. The van der Waals surface area contributed by atoms with E-state index in [2.05, 4.69) is 50.6 Å². The first-order valence-electron chi connectivity index (χ1n) is 18.1. The molecular formula is C41H57F3N8O2. The second kappa shape index (κ2) is 22.2. The molecule has 10 nitrogen and oxygen atoms in total. The first kappa shape index (κ1) is 45.0. The third-order valence-electron chi connectivity index (χ3n) is 8.11. The molecule has 1 amide bonds. The number of rotatable bonds is 10. The number of H-pyrrole nitrogens is 1. The molecule has 294 valence electrons. The highest BCUT2D eigenvalue weighted by atomic mass is 19.1. The van der Waals surface area contributed by atoms with Crippen LogP contribution >= 0.6 is 0 Å². The van der Waals surface area contributed by atoms with Gasteiger partial charge < -0.3 is 35.1 Å². The topological polar surface area (TPSA) is 102 Å². The maximum atomic E-state index is 15.3.